The van der Waals surface area contributed by atoms with E-state index in [1.807, 2.05) is 0 Å². The highest BCUT2D eigenvalue weighted by Gasteiger charge is 2.37. The van der Waals surface area contributed by atoms with Gasteiger partial charge in [-0.1, -0.05) is 19.8 Å². The van der Waals surface area contributed by atoms with Gasteiger partial charge in [-0.3, -0.25) is 5.32 Å². The van der Waals surface area contributed by atoms with Gasteiger partial charge in [0, 0.05) is 12.1 Å². The van der Waals surface area contributed by atoms with Gasteiger partial charge in [0.05, 0.1) is 6.07 Å². The van der Waals surface area contributed by atoms with Gasteiger partial charge in [0.15, 0.2) is 0 Å². The van der Waals surface area contributed by atoms with Crippen molar-refractivity contribution in [2.24, 2.45) is 0 Å². The highest BCUT2D eigenvalue weighted by Crippen LogP contribution is 2.31. The summed E-state index contributed by atoms with van der Waals surface area (Å²) in [4.78, 5) is 2.48. The molecule has 1 aliphatic rings. The van der Waals surface area contributed by atoms with E-state index in [1.165, 1.54) is 32.2 Å². The van der Waals surface area contributed by atoms with Gasteiger partial charge in [-0.05, 0) is 59.5 Å². The minimum absolute atomic E-state index is 0.296. The molecular weight excluding hydrogens is 234 g/mol. The van der Waals surface area contributed by atoms with Crippen LogP contribution in [0.5, 0.6) is 0 Å². The van der Waals surface area contributed by atoms with Gasteiger partial charge in [0.1, 0.15) is 5.54 Å². The minimum atomic E-state index is -0.296. The van der Waals surface area contributed by atoms with Crippen LogP contribution < -0.4 is 5.32 Å². The van der Waals surface area contributed by atoms with E-state index < -0.39 is 0 Å². The first kappa shape index (κ1) is 16.5. The van der Waals surface area contributed by atoms with Crippen molar-refractivity contribution in [3.8, 4) is 6.07 Å². The Morgan fingerprint density at radius 2 is 2.16 bits per heavy atom. The standard InChI is InChI=1S/C16H31N3/c1-5-6-7-11-19(4)15-9-8-10-16(12-15,13-17)18-14(2)3/h14-15,18H,5-12H2,1-4H3. The average molecular weight is 265 g/mol. The minimum Gasteiger partial charge on any atom is -0.303 e. The molecule has 0 spiro atoms. The van der Waals surface area contributed by atoms with Crippen LogP contribution in [0.15, 0.2) is 0 Å². The first-order chi connectivity index (χ1) is 9.03. The van der Waals surface area contributed by atoms with Crippen LogP contribution in [0, 0.1) is 11.3 Å². The molecule has 1 fully saturated rings. The van der Waals surface area contributed by atoms with Crippen LogP contribution in [0.4, 0.5) is 0 Å². The molecule has 0 aromatic rings. The maximum absolute atomic E-state index is 9.57. The van der Waals surface area contributed by atoms with E-state index >= 15 is 0 Å². The number of unbranched alkanes of at least 4 members (excludes halogenated alkanes) is 2. The van der Waals surface area contributed by atoms with Crippen LogP contribution in [0.1, 0.15) is 65.7 Å². The zero-order valence-electron chi connectivity index (χ0n) is 13.2. The summed E-state index contributed by atoms with van der Waals surface area (Å²) in [6.45, 7) is 7.68. The van der Waals surface area contributed by atoms with Gasteiger partial charge in [-0.15, -0.1) is 0 Å². The van der Waals surface area contributed by atoms with Crippen molar-refractivity contribution in [1.82, 2.24) is 10.2 Å². The molecule has 2 atom stereocenters. The monoisotopic (exact) mass is 265 g/mol. The van der Waals surface area contributed by atoms with Gasteiger partial charge in [0.25, 0.3) is 0 Å². The van der Waals surface area contributed by atoms with Gasteiger partial charge in [-0.25, -0.2) is 0 Å². The van der Waals surface area contributed by atoms with Crippen molar-refractivity contribution in [3.05, 3.63) is 0 Å². The Balaban J connectivity index is 2.54. The first-order valence-electron chi connectivity index (χ1n) is 7.92. The van der Waals surface area contributed by atoms with Crippen molar-refractivity contribution in [2.75, 3.05) is 13.6 Å². The lowest BCUT2D eigenvalue weighted by Crippen LogP contribution is -2.54. The number of nitrogens with zero attached hydrogens (tertiary/aromatic N) is 2. The van der Waals surface area contributed by atoms with Gasteiger partial charge < -0.3 is 4.90 Å². The molecule has 1 saturated carbocycles. The molecule has 2 unspecified atom stereocenters. The number of nitriles is 1. The third-order valence-corrected chi connectivity index (χ3v) is 4.24. The van der Waals surface area contributed by atoms with Crippen molar-refractivity contribution in [2.45, 2.75) is 83.3 Å². The molecule has 0 saturated heterocycles. The van der Waals surface area contributed by atoms with E-state index in [1.54, 1.807) is 0 Å². The number of hydrogen-bond acceptors (Lipinski definition) is 3. The average Bonchev–Trinajstić information content (AvgIpc) is 2.38. The summed E-state index contributed by atoms with van der Waals surface area (Å²) in [7, 11) is 2.23. The summed E-state index contributed by atoms with van der Waals surface area (Å²) in [5, 5.41) is 13.1. The van der Waals surface area contributed by atoms with E-state index in [-0.39, 0.29) is 5.54 Å². The topological polar surface area (TPSA) is 39.1 Å². The molecule has 0 aromatic heterocycles. The molecule has 3 nitrogen and oxygen atoms in total. The molecule has 0 heterocycles. The molecule has 0 amide bonds. The largest absolute Gasteiger partial charge is 0.303 e. The second-order valence-electron chi connectivity index (χ2n) is 6.43. The molecule has 0 bridgehead atoms. The molecule has 0 aromatic carbocycles. The normalized spacial score (nSPS) is 27.7. The summed E-state index contributed by atoms with van der Waals surface area (Å²) < 4.78 is 0. The lowest BCUT2D eigenvalue weighted by molar-refractivity contribution is 0.138. The Hall–Kier alpha value is -0.590. The third-order valence-electron chi connectivity index (χ3n) is 4.24. The van der Waals surface area contributed by atoms with Crippen molar-refractivity contribution in [3.63, 3.8) is 0 Å². The van der Waals surface area contributed by atoms with Crippen LogP contribution in [0.3, 0.4) is 0 Å². The summed E-state index contributed by atoms with van der Waals surface area (Å²) >= 11 is 0. The highest BCUT2D eigenvalue weighted by atomic mass is 15.1. The van der Waals surface area contributed by atoms with E-state index in [0.29, 0.717) is 12.1 Å². The van der Waals surface area contributed by atoms with E-state index in [0.717, 1.165) is 19.3 Å². The van der Waals surface area contributed by atoms with Crippen molar-refractivity contribution >= 4 is 0 Å². The van der Waals surface area contributed by atoms with Crippen LogP contribution in [0.25, 0.3) is 0 Å². The molecule has 110 valence electrons. The van der Waals surface area contributed by atoms with Crippen LogP contribution >= 0.6 is 0 Å². The molecule has 0 radical (unpaired) electrons. The lowest BCUT2D eigenvalue weighted by Gasteiger charge is -2.41. The van der Waals surface area contributed by atoms with Crippen molar-refractivity contribution < 1.29 is 0 Å². The molecular formula is C16H31N3. The number of hydrogen-bond donors (Lipinski definition) is 1. The predicted octanol–water partition coefficient (Wildman–Crippen LogP) is 3.31. The Morgan fingerprint density at radius 3 is 2.74 bits per heavy atom. The van der Waals surface area contributed by atoms with Crippen LogP contribution in [-0.2, 0) is 0 Å². The maximum atomic E-state index is 9.57. The molecule has 19 heavy (non-hydrogen) atoms. The molecule has 3 heteroatoms. The van der Waals surface area contributed by atoms with Gasteiger partial charge in [0.2, 0.25) is 0 Å². The second kappa shape index (κ2) is 7.87. The Kier molecular flexibility index (Phi) is 6.82. The van der Waals surface area contributed by atoms with E-state index in [2.05, 4.69) is 44.1 Å². The molecule has 1 N–H and O–H groups in total. The fourth-order valence-electron chi connectivity index (χ4n) is 3.23. The van der Waals surface area contributed by atoms with Gasteiger partial charge in [-0.2, -0.15) is 5.26 Å². The zero-order valence-corrected chi connectivity index (χ0v) is 13.2. The fraction of sp³-hybridized carbons (Fsp3) is 0.938. The smallest absolute Gasteiger partial charge is 0.108 e. The lowest BCUT2D eigenvalue weighted by atomic mass is 9.79. The van der Waals surface area contributed by atoms with Crippen LogP contribution in [0.2, 0.25) is 0 Å². The summed E-state index contributed by atoms with van der Waals surface area (Å²) in [6, 6.07) is 3.51. The van der Waals surface area contributed by atoms with Gasteiger partial charge >= 0.3 is 0 Å². The predicted molar refractivity (Wildman–Crippen MR) is 81.0 cm³/mol. The maximum Gasteiger partial charge on any atom is 0.108 e. The summed E-state index contributed by atoms with van der Waals surface area (Å²) in [6.07, 6.45) is 8.24. The SMILES string of the molecule is CCCCCN(C)C1CCCC(C#N)(NC(C)C)C1. The zero-order chi connectivity index (χ0) is 14.3. The Bertz CT molecular complexity index is 295. The van der Waals surface area contributed by atoms with E-state index in [4.69, 9.17) is 0 Å². The van der Waals surface area contributed by atoms with Crippen LogP contribution in [-0.4, -0.2) is 36.1 Å². The summed E-state index contributed by atoms with van der Waals surface area (Å²) in [5.74, 6) is 0. The quantitative estimate of drug-likeness (QED) is 0.718. The summed E-state index contributed by atoms with van der Waals surface area (Å²) in [5.41, 5.74) is -0.296. The Morgan fingerprint density at radius 1 is 1.42 bits per heavy atom. The Labute approximate surface area is 119 Å². The first-order valence-corrected chi connectivity index (χ1v) is 7.92. The third kappa shape index (κ3) is 5.12. The number of rotatable bonds is 7. The molecule has 1 rings (SSSR count). The van der Waals surface area contributed by atoms with E-state index in [9.17, 15) is 5.26 Å². The second-order valence-corrected chi connectivity index (χ2v) is 6.43. The highest BCUT2D eigenvalue weighted by molar-refractivity contribution is 5.11. The number of nitrogens with one attached hydrogen (secondary N) is 1. The molecule has 0 aliphatic heterocycles. The van der Waals surface area contributed by atoms with Crippen molar-refractivity contribution in [1.29, 1.82) is 5.26 Å². The molecule has 1 aliphatic carbocycles. The fourth-order valence-corrected chi connectivity index (χ4v) is 3.23.